The van der Waals surface area contributed by atoms with Crippen LogP contribution in [0.4, 0.5) is 5.69 Å². The minimum Gasteiger partial charge on any atom is -0.325 e. The second-order valence-corrected chi connectivity index (χ2v) is 7.19. The van der Waals surface area contributed by atoms with Gasteiger partial charge in [0, 0.05) is 16.8 Å². The highest BCUT2D eigenvalue weighted by molar-refractivity contribution is 6.32. The summed E-state index contributed by atoms with van der Waals surface area (Å²) in [4.78, 5) is 11.6. The van der Waals surface area contributed by atoms with Gasteiger partial charge in [0.2, 0.25) is 5.91 Å². The van der Waals surface area contributed by atoms with Crippen LogP contribution in [0.1, 0.15) is 43.4 Å². The van der Waals surface area contributed by atoms with E-state index >= 15 is 0 Å². The maximum Gasteiger partial charge on any atom is 0.228 e. The smallest absolute Gasteiger partial charge is 0.228 e. The lowest BCUT2D eigenvalue weighted by Crippen LogP contribution is -2.28. The van der Waals surface area contributed by atoms with E-state index in [1.54, 1.807) is 0 Å². The number of nitrogens with one attached hydrogen (secondary N) is 2. The summed E-state index contributed by atoms with van der Waals surface area (Å²) in [5.74, 6) is 2.69. The molecule has 3 nitrogen and oxygen atoms in total. The molecule has 112 valence electrons. The molecule has 4 rings (SSSR count). The summed E-state index contributed by atoms with van der Waals surface area (Å²) in [6, 6.07) is 4.40. The molecule has 2 saturated carbocycles. The van der Waals surface area contributed by atoms with Crippen LogP contribution >= 0.6 is 11.6 Å². The molecule has 1 aliphatic heterocycles. The number of hydrogen-bond acceptors (Lipinski definition) is 2. The SMILES string of the molecule is CCNC(c1cc2c(cc1Cl)NC(=O)C2)C1CC2CC2C1. The fourth-order valence-electron chi connectivity index (χ4n) is 4.29. The van der Waals surface area contributed by atoms with Crippen molar-refractivity contribution in [3.05, 3.63) is 28.3 Å². The molecule has 21 heavy (non-hydrogen) atoms. The van der Waals surface area contributed by atoms with Crippen molar-refractivity contribution in [2.75, 3.05) is 11.9 Å². The van der Waals surface area contributed by atoms with Crippen LogP contribution in [0.3, 0.4) is 0 Å². The topological polar surface area (TPSA) is 41.1 Å². The molecule has 2 N–H and O–H groups in total. The summed E-state index contributed by atoms with van der Waals surface area (Å²) in [5, 5.41) is 7.29. The number of amides is 1. The molecule has 0 bridgehead atoms. The Kier molecular flexibility index (Phi) is 3.23. The van der Waals surface area contributed by atoms with Crippen LogP contribution < -0.4 is 10.6 Å². The summed E-state index contributed by atoms with van der Waals surface area (Å²) in [6.45, 7) is 3.09. The molecule has 0 saturated heterocycles. The Morgan fingerprint density at radius 3 is 2.81 bits per heavy atom. The van der Waals surface area contributed by atoms with Crippen molar-refractivity contribution in [2.45, 2.75) is 38.6 Å². The molecule has 0 aromatic heterocycles. The van der Waals surface area contributed by atoms with E-state index in [1.165, 1.54) is 24.8 Å². The van der Waals surface area contributed by atoms with Gasteiger partial charge in [-0.15, -0.1) is 0 Å². The summed E-state index contributed by atoms with van der Waals surface area (Å²) >= 11 is 6.52. The third-order valence-corrected chi connectivity index (χ3v) is 5.69. The van der Waals surface area contributed by atoms with E-state index < -0.39 is 0 Å². The van der Waals surface area contributed by atoms with Crippen molar-refractivity contribution in [3.8, 4) is 0 Å². The van der Waals surface area contributed by atoms with Gasteiger partial charge in [0.15, 0.2) is 0 Å². The Morgan fingerprint density at radius 1 is 1.33 bits per heavy atom. The Balaban J connectivity index is 1.66. The fourth-order valence-corrected chi connectivity index (χ4v) is 4.57. The Hall–Kier alpha value is -1.06. The molecule has 1 aromatic rings. The van der Waals surface area contributed by atoms with Gasteiger partial charge in [-0.2, -0.15) is 0 Å². The first-order valence-electron chi connectivity index (χ1n) is 8.01. The normalized spacial score (nSPS) is 30.8. The van der Waals surface area contributed by atoms with Gasteiger partial charge in [-0.25, -0.2) is 0 Å². The zero-order valence-corrected chi connectivity index (χ0v) is 13.0. The van der Waals surface area contributed by atoms with E-state index in [4.69, 9.17) is 11.6 Å². The summed E-state index contributed by atoms with van der Waals surface area (Å²) in [5.41, 5.74) is 3.16. The quantitative estimate of drug-likeness (QED) is 0.893. The molecule has 0 spiro atoms. The van der Waals surface area contributed by atoms with Crippen molar-refractivity contribution < 1.29 is 4.79 Å². The van der Waals surface area contributed by atoms with E-state index in [0.717, 1.165) is 34.7 Å². The molecular weight excluding hydrogens is 284 g/mol. The first kappa shape index (κ1) is 13.6. The van der Waals surface area contributed by atoms with Crippen LogP contribution in [-0.4, -0.2) is 12.5 Å². The first-order valence-corrected chi connectivity index (χ1v) is 8.39. The molecule has 1 heterocycles. The van der Waals surface area contributed by atoms with Crippen LogP contribution in [0.5, 0.6) is 0 Å². The van der Waals surface area contributed by atoms with Gasteiger partial charge >= 0.3 is 0 Å². The maximum absolute atomic E-state index is 11.6. The zero-order valence-electron chi connectivity index (χ0n) is 12.3. The standard InChI is InChI=1S/C17H21ClN2O/c1-2-19-17(12-4-9-3-10(9)5-12)13-6-11-7-16(21)20-15(11)8-14(13)18/h6,8-10,12,17,19H,2-5,7H2,1H3,(H,20,21). The number of hydrogen-bond donors (Lipinski definition) is 2. The molecule has 3 aliphatic rings. The van der Waals surface area contributed by atoms with Crippen molar-refractivity contribution in [3.63, 3.8) is 0 Å². The van der Waals surface area contributed by atoms with Crippen molar-refractivity contribution in [1.29, 1.82) is 0 Å². The summed E-state index contributed by atoms with van der Waals surface area (Å²) in [7, 11) is 0. The second-order valence-electron chi connectivity index (χ2n) is 6.78. The molecule has 2 aliphatic carbocycles. The van der Waals surface area contributed by atoms with Crippen molar-refractivity contribution in [2.24, 2.45) is 17.8 Å². The number of benzene rings is 1. The van der Waals surface area contributed by atoms with Crippen LogP contribution in [0.25, 0.3) is 0 Å². The number of carbonyl (C=O) groups is 1. The highest BCUT2D eigenvalue weighted by Crippen LogP contribution is 2.57. The first-order chi connectivity index (χ1) is 10.2. The van der Waals surface area contributed by atoms with Gasteiger partial charge in [0.05, 0.1) is 6.42 Å². The van der Waals surface area contributed by atoms with E-state index in [2.05, 4.69) is 23.6 Å². The van der Waals surface area contributed by atoms with Crippen LogP contribution in [0.2, 0.25) is 5.02 Å². The van der Waals surface area contributed by atoms with E-state index in [9.17, 15) is 4.79 Å². The molecule has 0 radical (unpaired) electrons. The van der Waals surface area contributed by atoms with Crippen LogP contribution in [0, 0.1) is 17.8 Å². The predicted octanol–water partition coefficient (Wildman–Crippen LogP) is 3.53. The van der Waals surface area contributed by atoms with Crippen LogP contribution in [0.15, 0.2) is 12.1 Å². The van der Waals surface area contributed by atoms with E-state index in [0.29, 0.717) is 18.4 Å². The monoisotopic (exact) mass is 304 g/mol. The fraction of sp³-hybridized carbons (Fsp3) is 0.588. The molecule has 1 aromatic carbocycles. The lowest BCUT2D eigenvalue weighted by Gasteiger charge is -2.27. The number of halogens is 1. The maximum atomic E-state index is 11.6. The number of anilines is 1. The lowest BCUT2D eigenvalue weighted by atomic mass is 9.88. The predicted molar refractivity (Wildman–Crippen MR) is 84.5 cm³/mol. The Bertz CT molecular complexity index is 591. The van der Waals surface area contributed by atoms with Gasteiger partial charge in [-0.05, 0) is 60.8 Å². The van der Waals surface area contributed by atoms with Crippen molar-refractivity contribution in [1.82, 2.24) is 5.32 Å². The second kappa shape index (κ2) is 4.99. The minimum atomic E-state index is 0.0697. The van der Waals surface area contributed by atoms with Gasteiger partial charge in [0.1, 0.15) is 0 Å². The third-order valence-electron chi connectivity index (χ3n) is 5.36. The molecule has 1 amide bonds. The Morgan fingerprint density at radius 2 is 2.10 bits per heavy atom. The highest BCUT2D eigenvalue weighted by atomic mass is 35.5. The largest absolute Gasteiger partial charge is 0.325 e. The minimum absolute atomic E-state index is 0.0697. The molecule has 3 unspecified atom stereocenters. The van der Waals surface area contributed by atoms with Crippen molar-refractivity contribution >= 4 is 23.2 Å². The van der Waals surface area contributed by atoms with E-state index in [-0.39, 0.29) is 5.91 Å². The van der Waals surface area contributed by atoms with Gasteiger partial charge in [-0.3, -0.25) is 4.79 Å². The average Bonchev–Trinajstić information content (AvgIpc) is 2.89. The molecular formula is C17H21ClN2O. The zero-order chi connectivity index (χ0) is 14.6. The van der Waals surface area contributed by atoms with Gasteiger partial charge < -0.3 is 10.6 Å². The molecule has 2 fully saturated rings. The number of rotatable bonds is 4. The average molecular weight is 305 g/mol. The van der Waals surface area contributed by atoms with E-state index in [1.807, 2.05) is 6.07 Å². The number of fused-ring (bicyclic) bond motifs is 2. The third kappa shape index (κ3) is 2.36. The highest BCUT2D eigenvalue weighted by Gasteiger charge is 2.48. The molecule has 4 heteroatoms. The lowest BCUT2D eigenvalue weighted by molar-refractivity contribution is -0.115. The Labute approximate surface area is 130 Å². The van der Waals surface area contributed by atoms with Gasteiger partial charge in [0.25, 0.3) is 0 Å². The summed E-state index contributed by atoms with van der Waals surface area (Å²) in [6.07, 6.45) is 4.57. The van der Waals surface area contributed by atoms with Crippen LogP contribution in [-0.2, 0) is 11.2 Å². The summed E-state index contributed by atoms with van der Waals surface area (Å²) < 4.78 is 0. The molecule has 3 atom stereocenters. The van der Waals surface area contributed by atoms with Gasteiger partial charge in [-0.1, -0.05) is 24.6 Å². The number of carbonyl (C=O) groups excluding carboxylic acids is 1.